The first kappa shape index (κ1) is 12.5. The molecule has 2 nitrogen and oxygen atoms in total. The number of pyridine rings is 1. The van der Waals surface area contributed by atoms with E-state index in [9.17, 15) is 5.11 Å². The second-order valence-corrected chi connectivity index (χ2v) is 4.88. The highest BCUT2D eigenvalue weighted by Crippen LogP contribution is 2.39. The zero-order valence-corrected chi connectivity index (χ0v) is 11.1. The minimum atomic E-state index is 0.0381. The van der Waals surface area contributed by atoms with Gasteiger partial charge in [0.25, 0.3) is 0 Å². The number of benzene rings is 1. The quantitative estimate of drug-likeness (QED) is 0.823. The van der Waals surface area contributed by atoms with Crippen molar-refractivity contribution in [3.63, 3.8) is 0 Å². The zero-order valence-electron chi connectivity index (χ0n) is 8.84. The fourth-order valence-electron chi connectivity index (χ4n) is 1.51. The second-order valence-electron chi connectivity index (χ2n) is 3.62. The Bertz CT molecular complexity index is 561. The van der Waals surface area contributed by atoms with Crippen molar-refractivity contribution in [1.29, 1.82) is 0 Å². The van der Waals surface area contributed by atoms with E-state index in [1.54, 1.807) is 24.4 Å². The Morgan fingerprint density at radius 2 is 1.65 bits per heavy atom. The van der Waals surface area contributed by atoms with E-state index < -0.39 is 0 Å². The van der Waals surface area contributed by atoms with Crippen molar-refractivity contribution >= 4 is 34.8 Å². The molecule has 0 amide bonds. The van der Waals surface area contributed by atoms with Crippen LogP contribution in [0.25, 0.3) is 11.3 Å². The molecule has 1 N–H and O–H groups in total. The fourth-order valence-corrected chi connectivity index (χ4v) is 2.51. The highest BCUT2D eigenvalue weighted by Gasteiger charge is 2.15. The predicted octanol–water partition coefficient (Wildman–Crippen LogP) is 4.72. The lowest BCUT2D eigenvalue weighted by atomic mass is 10.1. The van der Waals surface area contributed by atoms with Gasteiger partial charge in [0.2, 0.25) is 0 Å². The molecule has 0 bridgehead atoms. The predicted molar refractivity (Wildman–Crippen MR) is 71.1 cm³/mol. The first-order valence-corrected chi connectivity index (χ1v) is 5.93. The van der Waals surface area contributed by atoms with Crippen LogP contribution in [0.2, 0.25) is 15.1 Å². The Hall–Kier alpha value is -0.960. The maximum Gasteiger partial charge on any atom is 0.142 e. The third kappa shape index (κ3) is 2.49. The number of nitrogens with zero attached hydrogens (tertiary/aromatic N) is 1. The average Bonchev–Trinajstić information content (AvgIpc) is 2.19. The van der Waals surface area contributed by atoms with Gasteiger partial charge < -0.3 is 5.11 Å². The summed E-state index contributed by atoms with van der Waals surface area (Å²) in [6.45, 7) is 1.83. The molecule has 5 heteroatoms. The third-order valence-corrected chi connectivity index (χ3v) is 3.06. The Labute approximate surface area is 114 Å². The molecule has 88 valence electrons. The van der Waals surface area contributed by atoms with Crippen LogP contribution in [0.15, 0.2) is 24.4 Å². The van der Waals surface area contributed by atoms with Gasteiger partial charge in [0.15, 0.2) is 0 Å². The molecule has 1 aromatic carbocycles. The van der Waals surface area contributed by atoms with Crippen molar-refractivity contribution in [2.75, 3.05) is 0 Å². The maximum atomic E-state index is 9.85. The standard InChI is InChI=1S/C12H8Cl3NO/c1-6-2-10(17)12(16-5-6)11-8(14)3-7(13)4-9(11)15/h2-5,17H,1H3. The number of aromatic nitrogens is 1. The van der Waals surface area contributed by atoms with Crippen LogP contribution in [0.3, 0.4) is 0 Å². The van der Waals surface area contributed by atoms with E-state index in [4.69, 9.17) is 34.8 Å². The van der Waals surface area contributed by atoms with Crippen LogP contribution in [0.5, 0.6) is 5.75 Å². The minimum absolute atomic E-state index is 0.0381. The van der Waals surface area contributed by atoms with Gasteiger partial charge in [0, 0.05) is 16.8 Å². The summed E-state index contributed by atoms with van der Waals surface area (Å²) in [6, 6.07) is 4.72. The summed E-state index contributed by atoms with van der Waals surface area (Å²) in [6.07, 6.45) is 1.64. The summed E-state index contributed by atoms with van der Waals surface area (Å²) in [5.74, 6) is 0.0381. The van der Waals surface area contributed by atoms with Gasteiger partial charge in [0.05, 0.1) is 10.0 Å². The molecule has 0 aliphatic carbocycles. The summed E-state index contributed by atoms with van der Waals surface area (Å²) < 4.78 is 0. The summed E-state index contributed by atoms with van der Waals surface area (Å²) in [5.41, 5.74) is 1.69. The van der Waals surface area contributed by atoms with Crippen LogP contribution in [0.4, 0.5) is 0 Å². The van der Waals surface area contributed by atoms with Gasteiger partial charge in [-0.2, -0.15) is 0 Å². The zero-order chi connectivity index (χ0) is 12.6. The molecule has 0 radical (unpaired) electrons. The average molecular weight is 289 g/mol. The summed E-state index contributed by atoms with van der Waals surface area (Å²) >= 11 is 17.9. The van der Waals surface area contributed by atoms with Gasteiger partial charge in [-0.05, 0) is 30.7 Å². The second kappa shape index (κ2) is 4.73. The van der Waals surface area contributed by atoms with Crippen LogP contribution in [-0.2, 0) is 0 Å². The molecule has 17 heavy (non-hydrogen) atoms. The molecule has 2 rings (SSSR count). The fraction of sp³-hybridized carbons (Fsp3) is 0.0833. The number of hydrogen-bond acceptors (Lipinski definition) is 2. The van der Waals surface area contributed by atoms with Gasteiger partial charge in [-0.25, -0.2) is 0 Å². The highest BCUT2D eigenvalue weighted by molar-refractivity contribution is 6.41. The molecule has 0 saturated carbocycles. The number of aryl methyl sites for hydroxylation is 1. The summed E-state index contributed by atoms with van der Waals surface area (Å²) in [4.78, 5) is 4.14. The Morgan fingerprint density at radius 3 is 2.18 bits per heavy atom. The van der Waals surface area contributed by atoms with E-state index in [1.807, 2.05) is 6.92 Å². The smallest absolute Gasteiger partial charge is 0.142 e. The van der Waals surface area contributed by atoms with Crippen molar-refractivity contribution in [3.05, 3.63) is 45.0 Å². The van der Waals surface area contributed by atoms with Crippen LogP contribution in [-0.4, -0.2) is 10.1 Å². The van der Waals surface area contributed by atoms with Crippen LogP contribution in [0, 0.1) is 6.92 Å². The van der Waals surface area contributed by atoms with Crippen LogP contribution >= 0.6 is 34.8 Å². The topological polar surface area (TPSA) is 33.1 Å². The van der Waals surface area contributed by atoms with Gasteiger partial charge in [-0.3, -0.25) is 4.98 Å². The Kier molecular flexibility index (Phi) is 3.48. The summed E-state index contributed by atoms with van der Waals surface area (Å²) in [5, 5.41) is 11.0. The Balaban J connectivity index is 2.68. The van der Waals surface area contributed by atoms with E-state index in [0.29, 0.717) is 26.3 Å². The lowest BCUT2D eigenvalue weighted by Gasteiger charge is -2.09. The highest BCUT2D eigenvalue weighted by atomic mass is 35.5. The lowest BCUT2D eigenvalue weighted by Crippen LogP contribution is -1.88. The number of aromatic hydroxyl groups is 1. The molecule has 0 atom stereocenters. The molecule has 1 heterocycles. The van der Waals surface area contributed by atoms with Crippen molar-refractivity contribution < 1.29 is 5.11 Å². The lowest BCUT2D eigenvalue weighted by molar-refractivity contribution is 0.474. The van der Waals surface area contributed by atoms with Crippen molar-refractivity contribution in [3.8, 4) is 17.0 Å². The largest absolute Gasteiger partial charge is 0.506 e. The molecule has 0 spiro atoms. The van der Waals surface area contributed by atoms with Gasteiger partial charge in [-0.1, -0.05) is 34.8 Å². The first-order valence-electron chi connectivity index (χ1n) is 4.79. The molecular formula is C12H8Cl3NO. The summed E-state index contributed by atoms with van der Waals surface area (Å²) in [7, 11) is 0. The van der Waals surface area contributed by atoms with Gasteiger partial charge in [-0.15, -0.1) is 0 Å². The number of hydrogen-bond donors (Lipinski definition) is 1. The Morgan fingerprint density at radius 1 is 1.06 bits per heavy atom. The number of halogens is 3. The SMILES string of the molecule is Cc1cnc(-c2c(Cl)cc(Cl)cc2Cl)c(O)c1. The van der Waals surface area contributed by atoms with E-state index in [-0.39, 0.29) is 5.75 Å². The first-order chi connectivity index (χ1) is 7.99. The minimum Gasteiger partial charge on any atom is -0.506 e. The molecule has 0 fully saturated rings. The van der Waals surface area contributed by atoms with Crippen molar-refractivity contribution in [2.45, 2.75) is 6.92 Å². The number of rotatable bonds is 1. The van der Waals surface area contributed by atoms with Gasteiger partial charge in [0.1, 0.15) is 11.4 Å². The van der Waals surface area contributed by atoms with Gasteiger partial charge >= 0.3 is 0 Å². The molecule has 1 aromatic heterocycles. The van der Waals surface area contributed by atoms with Crippen LogP contribution < -0.4 is 0 Å². The molecule has 0 aliphatic heterocycles. The molecule has 0 unspecified atom stereocenters. The van der Waals surface area contributed by atoms with E-state index >= 15 is 0 Å². The van der Waals surface area contributed by atoms with Crippen LogP contribution in [0.1, 0.15) is 5.56 Å². The maximum absolute atomic E-state index is 9.85. The van der Waals surface area contributed by atoms with Crippen molar-refractivity contribution in [1.82, 2.24) is 4.98 Å². The molecular weight excluding hydrogens is 280 g/mol. The third-order valence-electron chi connectivity index (χ3n) is 2.25. The molecule has 0 saturated heterocycles. The molecule has 0 aliphatic rings. The van der Waals surface area contributed by atoms with E-state index in [1.165, 1.54) is 0 Å². The molecule has 2 aromatic rings. The monoisotopic (exact) mass is 287 g/mol. The van der Waals surface area contributed by atoms with E-state index in [0.717, 1.165) is 5.56 Å². The normalized spacial score (nSPS) is 10.6. The van der Waals surface area contributed by atoms with Crippen molar-refractivity contribution in [2.24, 2.45) is 0 Å². The van der Waals surface area contributed by atoms with E-state index in [2.05, 4.69) is 4.98 Å².